The lowest BCUT2D eigenvalue weighted by Crippen LogP contribution is -1.55. The summed E-state index contributed by atoms with van der Waals surface area (Å²) in [4.78, 5) is 6.99. The Morgan fingerprint density at radius 2 is 2.00 bits per heavy atom. The average Bonchev–Trinajstić information content (AvgIpc) is 1.69. The van der Waals surface area contributed by atoms with Gasteiger partial charge in [-0.15, -0.1) is 5.28 Å². The van der Waals surface area contributed by atoms with Crippen LogP contribution in [-0.2, 0) is 4.57 Å². The SMILES string of the molecule is CC[CH2][AlH2].O=PO. The highest BCUT2D eigenvalue weighted by Crippen LogP contribution is 1.73. The van der Waals surface area contributed by atoms with Crippen molar-refractivity contribution < 1.29 is 9.46 Å². The summed E-state index contributed by atoms with van der Waals surface area (Å²) in [6.45, 7) is 2.22. The largest absolute Gasteiger partial charge is 0.324 e. The van der Waals surface area contributed by atoms with Gasteiger partial charge in [0.1, 0.15) is 0 Å². The van der Waals surface area contributed by atoms with Gasteiger partial charge in [0.05, 0.1) is 0 Å². The van der Waals surface area contributed by atoms with Crippen LogP contribution in [0.15, 0.2) is 0 Å². The van der Waals surface area contributed by atoms with Gasteiger partial charge in [-0.3, -0.25) is 0 Å². The van der Waals surface area contributed by atoms with Crippen molar-refractivity contribution in [2.45, 2.75) is 18.6 Å². The molecule has 0 bridgehead atoms. The number of hydrogen-bond donors (Lipinski definition) is 1. The van der Waals surface area contributed by atoms with Gasteiger partial charge in [-0.1, -0.05) is 13.3 Å². The van der Waals surface area contributed by atoms with Gasteiger partial charge in [-0.25, -0.2) is 4.57 Å². The standard InChI is InChI=1S/C3H7.Al.HO2P.2H/c1-3-2;;1-3-2;;/h1,3H2,2H3;;(H,1,2);;. The second kappa shape index (κ2) is 16.0. The van der Waals surface area contributed by atoms with Gasteiger partial charge in [-0.2, -0.15) is 0 Å². The summed E-state index contributed by atoms with van der Waals surface area (Å²) in [7, 11) is -0.833. The molecule has 4 heteroatoms. The molecule has 0 saturated carbocycles. The van der Waals surface area contributed by atoms with Crippen molar-refractivity contribution in [3.05, 3.63) is 0 Å². The normalized spacial score (nSPS) is 7.14. The summed E-state index contributed by atoms with van der Waals surface area (Å²) in [5.74, 6) is 0. The third-order valence-electron chi connectivity index (χ3n) is 0.500. The second-order valence-corrected chi connectivity index (χ2v) is 2.24. The number of rotatable bonds is 1. The lowest BCUT2D eigenvalue weighted by atomic mass is 10.6. The van der Waals surface area contributed by atoms with Gasteiger partial charge in [-0.05, 0) is 0 Å². The first kappa shape index (κ1) is 10.6. The highest BCUT2D eigenvalue weighted by molar-refractivity contribution is 7.16. The lowest BCUT2D eigenvalue weighted by Gasteiger charge is -1.66. The molecule has 0 aromatic carbocycles. The molecule has 0 rings (SSSR count). The van der Waals surface area contributed by atoms with Crippen LogP contribution in [-0.4, -0.2) is 21.2 Å². The molecule has 0 fully saturated rings. The molecule has 0 aliphatic rings. The fourth-order valence-electron chi connectivity index (χ4n) is 0. The molecule has 42 valence electrons. The summed E-state index contributed by atoms with van der Waals surface area (Å²) in [5, 5.41) is 1.46. The van der Waals surface area contributed by atoms with E-state index in [-0.39, 0.29) is 0 Å². The zero-order chi connectivity index (χ0) is 6.12. The smallest absolute Gasteiger partial charge is 0.310 e. The van der Waals surface area contributed by atoms with Crippen LogP contribution in [0.4, 0.5) is 0 Å². The van der Waals surface area contributed by atoms with E-state index in [1.54, 1.807) is 0 Å². The minimum absolute atomic E-state index is 0.833. The predicted molar refractivity (Wildman–Crippen MR) is 33.5 cm³/mol. The highest BCUT2D eigenvalue weighted by Gasteiger charge is 1.58. The molecule has 0 aliphatic carbocycles. The molecular formula is C3H10AlO2P. The summed E-state index contributed by atoms with van der Waals surface area (Å²) < 4.78 is 8.46. The maximum atomic E-state index is 8.46. The van der Waals surface area contributed by atoms with E-state index in [2.05, 4.69) is 6.92 Å². The third kappa shape index (κ3) is 54.8. The van der Waals surface area contributed by atoms with Crippen molar-refractivity contribution >= 4 is 25.0 Å². The van der Waals surface area contributed by atoms with Gasteiger partial charge < -0.3 is 4.89 Å². The van der Waals surface area contributed by atoms with Crippen LogP contribution in [0.2, 0.25) is 5.28 Å². The van der Waals surface area contributed by atoms with E-state index in [9.17, 15) is 0 Å². The van der Waals surface area contributed by atoms with Crippen LogP contribution >= 0.6 is 8.69 Å². The second-order valence-electron chi connectivity index (χ2n) is 1.08. The quantitative estimate of drug-likeness (QED) is 0.424. The van der Waals surface area contributed by atoms with Crippen molar-refractivity contribution in [1.29, 1.82) is 0 Å². The van der Waals surface area contributed by atoms with E-state index in [1.165, 1.54) is 28.0 Å². The molecule has 0 radical (unpaired) electrons. The van der Waals surface area contributed by atoms with Crippen molar-refractivity contribution in [2.75, 3.05) is 0 Å². The van der Waals surface area contributed by atoms with Gasteiger partial charge in [0.15, 0.2) is 0 Å². The van der Waals surface area contributed by atoms with Gasteiger partial charge in [0, 0.05) is 0 Å². The summed E-state index contributed by atoms with van der Waals surface area (Å²) in [6, 6.07) is 0. The Morgan fingerprint density at radius 1 is 1.86 bits per heavy atom. The van der Waals surface area contributed by atoms with Crippen molar-refractivity contribution in [3.63, 3.8) is 0 Å². The van der Waals surface area contributed by atoms with E-state index >= 15 is 0 Å². The first-order valence-corrected chi connectivity index (χ1v) is 4.48. The Balaban J connectivity index is 0. The fraction of sp³-hybridized carbons (Fsp3) is 1.00. The van der Waals surface area contributed by atoms with Gasteiger partial charge in [0.2, 0.25) is 16.3 Å². The maximum Gasteiger partial charge on any atom is 0.324 e. The molecule has 0 aromatic heterocycles. The molecule has 0 atom stereocenters. The Kier molecular flexibility index (Phi) is 24.1. The third-order valence-corrected chi connectivity index (χ3v) is 1.50. The van der Waals surface area contributed by atoms with Crippen LogP contribution < -0.4 is 0 Å². The fourth-order valence-corrected chi connectivity index (χ4v) is 0. The highest BCUT2D eigenvalue weighted by atomic mass is 31.1. The molecule has 0 spiro atoms. The lowest BCUT2D eigenvalue weighted by molar-refractivity contribution is 0.524. The Morgan fingerprint density at radius 3 is 2.00 bits per heavy atom. The topological polar surface area (TPSA) is 37.3 Å². The van der Waals surface area contributed by atoms with Gasteiger partial charge in [0.25, 0.3) is 0 Å². The van der Waals surface area contributed by atoms with Gasteiger partial charge >= 0.3 is 8.69 Å². The number of hydrogen-bond acceptors (Lipinski definition) is 1. The minimum Gasteiger partial charge on any atom is -0.310 e. The van der Waals surface area contributed by atoms with Crippen molar-refractivity contribution in [3.8, 4) is 0 Å². The molecule has 0 aromatic rings. The molecule has 0 aliphatic heterocycles. The minimum atomic E-state index is -0.833. The molecule has 2 nitrogen and oxygen atoms in total. The maximum absolute atomic E-state index is 8.46. The van der Waals surface area contributed by atoms with Crippen LogP contribution in [0, 0.1) is 0 Å². The molecule has 1 N–H and O–H groups in total. The van der Waals surface area contributed by atoms with E-state index in [0.717, 1.165) is 0 Å². The van der Waals surface area contributed by atoms with E-state index in [0.29, 0.717) is 0 Å². The van der Waals surface area contributed by atoms with Crippen LogP contribution in [0.25, 0.3) is 0 Å². The molecule has 0 heterocycles. The Hall–Kier alpha value is 0.592. The van der Waals surface area contributed by atoms with E-state index in [1.807, 2.05) is 0 Å². The molecule has 0 saturated heterocycles. The van der Waals surface area contributed by atoms with E-state index < -0.39 is 8.69 Å². The van der Waals surface area contributed by atoms with Crippen LogP contribution in [0.5, 0.6) is 0 Å². The van der Waals surface area contributed by atoms with Crippen LogP contribution in [0.3, 0.4) is 0 Å². The zero-order valence-corrected chi connectivity index (χ0v) is 7.61. The molecular weight excluding hydrogens is 126 g/mol. The first-order valence-electron chi connectivity index (χ1n) is 2.30. The first-order chi connectivity index (χ1) is 3.33. The van der Waals surface area contributed by atoms with Crippen molar-refractivity contribution in [1.82, 2.24) is 0 Å². The zero-order valence-electron chi connectivity index (χ0n) is 4.72. The van der Waals surface area contributed by atoms with Crippen LogP contribution in [0.1, 0.15) is 13.3 Å². The summed E-state index contributed by atoms with van der Waals surface area (Å²) >= 11 is 1.39. The monoisotopic (exact) mass is 136 g/mol. The summed E-state index contributed by atoms with van der Waals surface area (Å²) in [6.07, 6.45) is 1.38. The Labute approximate surface area is 53.6 Å². The Bertz CT molecular complexity index is 32.1. The average molecular weight is 136 g/mol. The van der Waals surface area contributed by atoms with E-state index in [4.69, 9.17) is 9.46 Å². The molecule has 0 unspecified atom stereocenters. The molecule has 7 heavy (non-hydrogen) atoms. The van der Waals surface area contributed by atoms with Crippen molar-refractivity contribution in [2.24, 2.45) is 0 Å². The summed E-state index contributed by atoms with van der Waals surface area (Å²) in [5.41, 5.74) is 0. The predicted octanol–water partition coefficient (Wildman–Crippen LogP) is 0.633. The molecule has 0 amide bonds.